The molecule has 8 nitrogen and oxygen atoms in total. The van der Waals surface area contributed by atoms with E-state index in [9.17, 15) is 19.4 Å². The van der Waals surface area contributed by atoms with Gasteiger partial charge >= 0.3 is 0 Å². The number of unbranched alkanes of at least 4 members (excludes halogenated alkanes) is 29. The quantitative estimate of drug-likeness (QED) is 0.0272. The molecule has 0 aromatic carbocycles. The van der Waals surface area contributed by atoms with Crippen molar-refractivity contribution in [3.63, 3.8) is 0 Å². The van der Waals surface area contributed by atoms with Crippen molar-refractivity contribution in [3.8, 4) is 0 Å². The highest BCUT2D eigenvalue weighted by molar-refractivity contribution is 7.45. The van der Waals surface area contributed by atoms with Crippen molar-refractivity contribution in [3.05, 3.63) is 97.2 Å². The fourth-order valence-corrected chi connectivity index (χ4v) is 9.41. The average Bonchev–Trinajstić information content (AvgIpc) is 3.37. The highest BCUT2D eigenvalue weighted by Crippen LogP contribution is 2.38. The number of amides is 1. The summed E-state index contributed by atoms with van der Waals surface area (Å²) in [6, 6.07) is -0.924. The first-order valence-electron chi connectivity index (χ1n) is 31.1. The van der Waals surface area contributed by atoms with Crippen LogP contribution in [0.5, 0.6) is 0 Å². The third kappa shape index (κ3) is 58.9. The molecule has 0 rings (SSSR count). The fraction of sp³-hybridized carbons (Fsp3) is 0.742. The van der Waals surface area contributed by atoms with E-state index in [-0.39, 0.29) is 12.5 Å². The standard InChI is InChI=1S/C66H119N2O6P/c1-6-8-10-12-14-16-18-20-22-24-26-28-30-31-32-33-34-35-36-38-39-41-43-45-47-49-51-53-55-57-59-65(69)64(63-74-75(71,72)73-62-61-68(3,4)5)67-66(70)60-58-56-54-52-50-48-46-44-42-40-37-29-27-25-23-21-19-17-15-13-11-9-7-2/h9,11,15,17,21,23,27,29,40-43,49,51,57,59,64-65,69H,6-8,10,12-14,16,18-20,22,24-26,28,30-39,44-48,50,52-56,58,60-63H2,1-5H3,(H-,67,70,71,72)/b11-9-,17-15-,23-21-,29-27-,42-40-,43-41+,51-49+,59-57+. The highest BCUT2D eigenvalue weighted by atomic mass is 31.2. The number of rotatable bonds is 56. The van der Waals surface area contributed by atoms with E-state index in [0.29, 0.717) is 17.4 Å². The average molecular weight is 1070 g/mol. The lowest BCUT2D eigenvalue weighted by molar-refractivity contribution is -0.870. The number of phosphoric ester groups is 1. The van der Waals surface area contributed by atoms with Gasteiger partial charge in [0.1, 0.15) is 13.2 Å². The number of hydrogen-bond acceptors (Lipinski definition) is 6. The minimum Gasteiger partial charge on any atom is -0.756 e. The van der Waals surface area contributed by atoms with Crippen LogP contribution in [-0.2, 0) is 18.4 Å². The molecule has 1 amide bonds. The molecule has 434 valence electrons. The predicted octanol–water partition coefficient (Wildman–Crippen LogP) is 18.7. The van der Waals surface area contributed by atoms with Gasteiger partial charge in [0.2, 0.25) is 5.91 Å². The third-order valence-corrected chi connectivity index (χ3v) is 14.5. The monoisotopic (exact) mass is 1070 g/mol. The Morgan fingerprint density at radius 2 is 0.827 bits per heavy atom. The zero-order valence-corrected chi connectivity index (χ0v) is 50.4. The van der Waals surface area contributed by atoms with Crippen LogP contribution in [0, 0.1) is 0 Å². The summed E-state index contributed by atoms with van der Waals surface area (Å²) >= 11 is 0. The summed E-state index contributed by atoms with van der Waals surface area (Å²) in [5.41, 5.74) is 0. The van der Waals surface area contributed by atoms with E-state index < -0.39 is 26.6 Å². The van der Waals surface area contributed by atoms with Gasteiger partial charge in [0, 0.05) is 6.42 Å². The van der Waals surface area contributed by atoms with Gasteiger partial charge in [0.25, 0.3) is 7.82 Å². The number of quaternary nitrogens is 1. The second-order valence-electron chi connectivity index (χ2n) is 22.0. The van der Waals surface area contributed by atoms with E-state index in [1.807, 2.05) is 27.2 Å². The Morgan fingerprint density at radius 3 is 1.24 bits per heavy atom. The van der Waals surface area contributed by atoms with E-state index in [2.05, 4.69) is 104 Å². The Morgan fingerprint density at radius 1 is 0.480 bits per heavy atom. The molecule has 9 heteroatoms. The number of likely N-dealkylation sites (N-methyl/N-ethyl adjacent to an activating group) is 1. The van der Waals surface area contributed by atoms with Gasteiger partial charge in [-0.2, -0.15) is 0 Å². The van der Waals surface area contributed by atoms with Gasteiger partial charge in [-0.3, -0.25) is 9.36 Å². The number of hydrogen-bond donors (Lipinski definition) is 2. The van der Waals surface area contributed by atoms with Crippen molar-refractivity contribution in [2.24, 2.45) is 0 Å². The summed E-state index contributed by atoms with van der Waals surface area (Å²) in [4.78, 5) is 25.5. The van der Waals surface area contributed by atoms with Gasteiger partial charge < -0.3 is 28.8 Å². The van der Waals surface area contributed by atoms with E-state index >= 15 is 0 Å². The van der Waals surface area contributed by atoms with Gasteiger partial charge in [-0.1, -0.05) is 265 Å². The Bertz CT molecular complexity index is 1540. The van der Waals surface area contributed by atoms with E-state index in [1.165, 1.54) is 154 Å². The van der Waals surface area contributed by atoms with Crippen LogP contribution in [0.15, 0.2) is 97.2 Å². The van der Waals surface area contributed by atoms with Crippen LogP contribution in [-0.4, -0.2) is 68.5 Å². The highest BCUT2D eigenvalue weighted by Gasteiger charge is 2.23. The van der Waals surface area contributed by atoms with Crippen molar-refractivity contribution in [2.75, 3.05) is 40.9 Å². The SMILES string of the molecule is CC/C=C\C/C=C\C/C=C\C/C=C\C/C=C\CCCCCCCCCC(=O)NC(COP(=O)([O-])OCC[N+](C)(C)C)C(O)/C=C/CC/C=C/CC/C=C/CCCCCCCCCCCCCCCCCCCCCC. The summed E-state index contributed by atoms with van der Waals surface area (Å²) in [6.07, 6.45) is 80.8. The first-order valence-corrected chi connectivity index (χ1v) is 32.6. The van der Waals surface area contributed by atoms with Crippen LogP contribution in [0.3, 0.4) is 0 Å². The number of aliphatic hydroxyl groups excluding tert-OH is 1. The Balaban J connectivity index is 4.26. The number of allylic oxidation sites excluding steroid dienone is 15. The Labute approximate surface area is 464 Å². The van der Waals surface area contributed by atoms with Crippen molar-refractivity contribution in [2.45, 2.75) is 276 Å². The van der Waals surface area contributed by atoms with E-state index in [0.717, 1.165) is 89.9 Å². The Kier molecular flexibility index (Phi) is 54.2. The van der Waals surface area contributed by atoms with Crippen LogP contribution in [0.1, 0.15) is 264 Å². The van der Waals surface area contributed by atoms with Crippen LogP contribution in [0.2, 0.25) is 0 Å². The molecular formula is C66H119N2O6P. The molecule has 0 aromatic rings. The normalized spacial score (nSPS) is 14.5. The van der Waals surface area contributed by atoms with Gasteiger partial charge in [-0.25, -0.2) is 0 Å². The number of phosphoric acid groups is 1. The number of nitrogens with one attached hydrogen (secondary N) is 1. The van der Waals surface area contributed by atoms with Crippen molar-refractivity contribution in [1.29, 1.82) is 0 Å². The zero-order valence-electron chi connectivity index (χ0n) is 49.5. The fourth-order valence-electron chi connectivity index (χ4n) is 8.68. The molecule has 0 aromatic heterocycles. The molecule has 75 heavy (non-hydrogen) atoms. The topological polar surface area (TPSA) is 108 Å². The molecule has 0 saturated heterocycles. The predicted molar refractivity (Wildman–Crippen MR) is 325 cm³/mol. The van der Waals surface area contributed by atoms with E-state index in [1.54, 1.807) is 6.08 Å². The molecule has 2 N–H and O–H groups in total. The summed E-state index contributed by atoms with van der Waals surface area (Å²) in [5, 5.41) is 13.9. The summed E-state index contributed by atoms with van der Waals surface area (Å²) in [6.45, 7) is 4.51. The first-order chi connectivity index (χ1) is 36.5. The second kappa shape index (κ2) is 56.2. The molecule has 0 aliphatic carbocycles. The first kappa shape index (κ1) is 72.4. The molecule has 0 fully saturated rings. The number of carbonyl (C=O) groups excluding carboxylic acids is 1. The zero-order chi connectivity index (χ0) is 54.9. The third-order valence-electron chi connectivity index (χ3n) is 13.5. The van der Waals surface area contributed by atoms with Crippen LogP contribution >= 0.6 is 7.82 Å². The van der Waals surface area contributed by atoms with Gasteiger partial charge in [-0.05, 0) is 89.9 Å². The number of carbonyl (C=O) groups is 1. The molecule has 0 heterocycles. The molecule has 0 aliphatic rings. The molecule has 0 saturated carbocycles. The van der Waals surface area contributed by atoms with Crippen LogP contribution in [0.25, 0.3) is 0 Å². The molecule has 0 bridgehead atoms. The smallest absolute Gasteiger partial charge is 0.268 e. The van der Waals surface area contributed by atoms with Crippen molar-refractivity contribution in [1.82, 2.24) is 5.32 Å². The minimum absolute atomic E-state index is 0.0163. The molecular weight excluding hydrogens is 948 g/mol. The van der Waals surface area contributed by atoms with Gasteiger partial charge in [0.05, 0.1) is 39.9 Å². The van der Waals surface area contributed by atoms with Crippen LogP contribution < -0.4 is 10.2 Å². The largest absolute Gasteiger partial charge is 0.756 e. The lowest BCUT2D eigenvalue weighted by Crippen LogP contribution is -2.45. The maximum absolute atomic E-state index is 13.0. The molecule has 0 spiro atoms. The summed E-state index contributed by atoms with van der Waals surface area (Å²) < 4.78 is 23.4. The van der Waals surface area contributed by atoms with Gasteiger partial charge in [-0.15, -0.1) is 0 Å². The van der Waals surface area contributed by atoms with Crippen LogP contribution in [0.4, 0.5) is 0 Å². The Hall–Kier alpha value is -2.58. The summed E-state index contributed by atoms with van der Waals surface area (Å²) in [7, 11) is 1.22. The van der Waals surface area contributed by atoms with Crippen molar-refractivity contribution < 1.29 is 32.9 Å². The maximum atomic E-state index is 13.0. The number of nitrogens with zero attached hydrogens (tertiary/aromatic N) is 1. The molecule has 0 aliphatic heterocycles. The van der Waals surface area contributed by atoms with E-state index in [4.69, 9.17) is 9.05 Å². The summed E-state index contributed by atoms with van der Waals surface area (Å²) in [5.74, 6) is -0.225. The molecule has 3 atom stereocenters. The number of aliphatic hydroxyl groups is 1. The lowest BCUT2D eigenvalue weighted by atomic mass is 10.0. The second-order valence-corrected chi connectivity index (χ2v) is 23.4. The molecule has 3 unspecified atom stereocenters. The van der Waals surface area contributed by atoms with Crippen molar-refractivity contribution >= 4 is 13.7 Å². The maximum Gasteiger partial charge on any atom is 0.268 e. The van der Waals surface area contributed by atoms with Gasteiger partial charge in [0.15, 0.2) is 0 Å². The molecule has 0 radical (unpaired) electrons. The minimum atomic E-state index is -4.62. The lowest BCUT2D eigenvalue weighted by Gasteiger charge is -2.29.